The molecule has 6 nitrogen and oxygen atoms in total. The van der Waals surface area contributed by atoms with Gasteiger partial charge in [-0.05, 0) is 42.8 Å². The second-order valence-corrected chi connectivity index (χ2v) is 5.39. The van der Waals surface area contributed by atoms with Crippen molar-refractivity contribution in [3.63, 3.8) is 0 Å². The quantitative estimate of drug-likeness (QED) is 0.596. The van der Waals surface area contributed by atoms with E-state index in [1.54, 1.807) is 36.4 Å². The number of anilines is 1. The van der Waals surface area contributed by atoms with Gasteiger partial charge in [-0.3, -0.25) is 9.59 Å². The predicted molar refractivity (Wildman–Crippen MR) is 92.7 cm³/mol. The Morgan fingerprint density at radius 2 is 1.72 bits per heavy atom. The van der Waals surface area contributed by atoms with Crippen LogP contribution in [0.25, 0.3) is 0 Å². The van der Waals surface area contributed by atoms with E-state index in [9.17, 15) is 19.5 Å². The van der Waals surface area contributed by atoms with E-state index in [0.717, 1.165) is 6.42 Å². The van der Waals surface area contributed by atoms with Crippen molar-refractivity contribution in [2.75, 3.05) is 11.9 Å². The van der Waals surface area contributed by atoms with E-state index in [4.69, 9.17) is 4.74 Å². The van der Waals surface area contributed by atoms with Crippen LogP contribution in [-0.2, 0) is 9.53 Å². The molecule has 2 aromatic rings. The number of amides is 1. The fourth-order valence-electron chi connectivity index (χ4n) is 2.13. The van der Waals surface area contributed by atoms with Gasteiger partial charge in [0, 0.05) is 17.7 Å². The maximum absolute atomic E-state index is 12.1. The number of para-hydroxylation sites is 1. The van der Waals surface area contributed by atoms with Crippen LogP contribution in [0, 0.1) is 0 Å². The van der Waals surface area contributed by atoms with Gasteiger partial charge >= 0.3 is 5.97 Å². The van der Waals surface area contributed by atoms with Crippen molar-refractivity contribution in [3.05, 3.63) is 59.7 Å². The van der Waals surface area contributed by atoms with Gasteiger partial charge in [0.25, 0.3) is 0 Å². The zero-order chi connectivity index (χ0) is 18.2. The first kappa shape index (κ1) is 18.2. The average Bonchev–Trinajstić information content (AvgIpc) is 2.60. The van der Waals surface area contributed by atoms with Gasteiger partial charge in [-0.25, -0.2) is 4.79 Å². The fourth-order valence-corrected chi connectivity index (χ4v) is 2.13. The Hall–Kier alpha value is -3.15. The van der Waals surface area contributed by atoms with Gasteiger partial charge < -0.3 is 15.2 Å². The Balaban J connectivity index is 1.91. The highest BCUT2D eigenvalue weighted by Crippen LogP contribution is 2.17. The van der Waals surface area contributed by atoms with Crippen molar-refractivity contribution >= 4 is 23.3 Å². The summed E-state index contributed by atoms with van der Waals surface area (Å²) in [7, 11) is 0. The van der Waals surface area contributed by atoms with Gasteiger partial charge in [-0.2, -0.15) is 0 Å². The molecule has 1 amide bonds. The summed E-state index contributed by atoms with van der Waals surface area (Å²) < 4.78 is 4.93. The summed E-state index contributed by atoms with van der Waals surface area (Å²) in [5.74, 6) is -1.43. The average molecular weight is 341 g/mol. The molecule has 0 unspecified atom stereocenters. The van der Waals surface area contributed by atoms with Gasteiger partial charge in [0.05, 0.1) is 0 Å². The number of hydrogen-bond donors (Lipinski definition) is 2. The van der Waals surface area contributed by atoms with Crippen LogP contribution < -0.4 is 5.32 Å². The number of aromatic hydroxyl groups is 1. The number of ketones is 1. The van der Waals surface area contributed by atoms with Crippen LogP contribution in [0.4, 0.5) is 5.69 Å². The normalized spacial score (nSPS) is 10.1. The van der Waals surface area contributed by atoms with E-state index in [1.165, 1.54) is 12.1 Å². The van der Waals surface area contributed by atoms with Crippen LogP contribution in [-0.4, -0.2) is 29.4 Å². The van der Waals surface area contributed by atoms with E-state index in [2.05, 4.69) is 5.32 Å². The van der Waals surface area contributed by atoms with E-state index in [0.29, 0.717) is 17.7 Å². The number of phenolic OH excluding ortho intramolecular Hbond substituents is 1. The molecule has 0 saturated carbocycles. The Bertz CT molecular complexity index is 768. The molecule has 2 aromatic carbocycles. The predicted octanol–water partition coefficient (Wildman–Crippen LogP) is 3.17. The zero-order valence-corrected chi connectivity index (χ0v) is 13.8. The summed E-state index contributed by atoms with van der Waals surface area (Å²) in [5, 5.41) is 12.3. The molecular formula is C19H19NO5. The van der Waals surface area contributed by atoms with Gasteiger partial charge in [0.2, 0.25) is 5.91 Å². The molecule has 0 saturated heterocycles. The van der Waals surface area contributed by atoms with Crippen LogP contribution in [0.5, 0.6) is 5.75 Å². The van der Waals surface area contributed by atoms with E-state index in [-0.39, 0.29) is 23.0 Å². The first-order chi connectivity index (χ1) is 12.0. The maximum atomic E-state index is 12.1. The molecule has 2 N–H and O–H groups in total. The molecule has 0 aliphatic rings. The van der Waals surface area contributed by atoms with Gasteiger partial charge in [-0.15, -0.1) is 0 Å². The number of carbonyl (C=O) groups excluding carboxylic acids is 3. The highest BCUT2D eigenvalue weighted by Gasteiger charge is 2.14. The van der Waals surface area contributed by atoms with E-state index < -0.39 is 12.6 Å². The SMILES string of the molecule is CCCC(=O)Nc1ccc(C(=O)COC(=O)c2ccccc2O)cc1. The lowest BCUT2D eigenvalue weighted by molar-refractivity contribution is -0.116. The van der Waals surface area contributed by atoms with Crippen molar-refractivity contribution in [1.82, 2.24) is 0 Å². The molecule has 0 bridgehead atoms. The lowest BCUT2D eigenvalue weighted by Crippen LogP contribution is -2.15. The molecule has 0 heterocycles. The topological polar surface area (TPSA) is 92.7 Å². The summed E-state index contributed by atoms with van der Waals surface area (Å²) in [6, 6.07) is 12.3. The summed E-state index contributed by atoms with van der Waals surface area (Å²) in [4.78, 5) is 35.4. The number of carbonyl (C=O) groups is 3. The Morgan fingerprint density at radius 3 is 2.36 bits per heavy atom. The number of hydrogen-bond acceptors (Lipinski definition) is 5. The standard InChI is InChI=1S/C19H19NO5/c1-2-5-18(23)20-14-10-8-13(9-11-14)17(22)12-25-19(24)15-6-3-4-7-16(15)21/h3-4,6-11,21H,2,5,12H2,1H3,(H,20,23). The smallest absolute Gasteiger partial charge is 0.342 e. The van der Waals surface area contributed by atoms with Crippen molar-refractivity contribution in [2.24, 2.45) is 0 Å². The maximum Gasteiger partial charge on any atom is 0.342 e. The third-order valence-corrected chi connectivity index (χ3v) is 3.43. The first-order valence-electron chi connectivity index (χ1n) is 7.89. The summed E-state index contributed by atoms with van der Waals surface area (Å²) in [6.07, 6.45) is 1.19. The van der Waals surface area contributed by atoms with E-state index in [1.807, 2.05) is 6.92 Å². The number of benzene rings is 2. The van der Waals surface area contributed by atoms with Crippen molar-refractivity contribution < 1.29 is 24.2 Å². The third kappa shape index (κ3) is 5.17. The number of ether oxygens (including phenoxy) is 1. The second-order valence-electron chi connectivity index (χ2n) is 5.39. The van der Waals surface area contributed by atoms with Gasteiger partial charge in [0.15, 0.2) is 12.4 Å². The molecule has 0 radical (unpaired) electrons. The van der Waals surface area contributed by atoms with Crippen LogP contribution in [0.3, 0.4) is 0 Å². The number of rotatable bonds is 7. The molecule has 0 aliphatic carbocycles. The van der Waals surface area contributed by atoms with Crippen LogP contribution in [0.2, 0.25) is 0 Å². The molecule has 2 rings (SSSR count). The number of phenols is 1. The summed E-state index contributed by atoms with van der Waals surface area (Å²) in [6.45, 7) is 1.48. The molecule has 0 atom stereocenters. The first-order valence-corrected chi connectivity index (χ1v) is 7.89. The molecular weight excluding hydrogens is 322 g/mol. The monoisotopic (exact) mass is 341 g/mol. The van der Waals surface area contributed by atoms with Crippen LogP contribution in [0.15, 0.2) is 48.5 Å². The molecule has 0 aliphatic heterocycles. The number of Topliss-reactive ketones (excluding diaryl/α,β-unsaturated/α-hetero) is 1. The van der Waals surface area contributed by atoms with Gasteiger partial charge in [0.1, 0.15) is 11.3 Å². The molecule has 25 heavy (non-hydrogen) atoms. The summed E-state index contributed by atoms with van der Waals surface area (Å²) >= 11 is 0. The third-order valence-electron chi connectivity index (χ3n) is 3.43. The lowest BCUT2D eigenvalue weighted by Gasteiger charge is -2.07. The summed E-state index contributed by atoms with van der Waals surface area (Å²) in [5.41, 5.74) is 0.962. The lowest BCUT2D eigenvalue weighted by atomic mass is 10.1. The van der Waals surface area contributed by atoms with Crippen LogP contribution in [0.1, 0.15) is 40.5 Å². The minimum absolute atomic E-state index is 0.00397. The minimum atomic E-state index is -0.769. The molecule has 0 aromatic heterocycles. The fraction of sp³-hybridized carbons (Fsp3) is 0.211. The Morgan fingerprint density at radius 1 is 1.04 bits per heavy atom. The highest BCUT2D eigenvalue weighted by molar-refractivity contribution is 6.00. The molecule has 0 fully saturated rings. The Kier molecular flexibility index (Phi) is 6.28. The minimum Gasteiger partial charge on any atom is -0.507 e. The van der Waals surface area contributed by atoms with Crippen molar-refractivity contribution in [3.8, 4) is 5.75 Å². The number of esters is 1. The molecule has 0 spiro atoms. The molecule has 130 valence electrons. The largest absolute Gasteiger partial charge is 0.507 e. The van der Waals surface area contributed by atoms with Crippen molar-refractivity contribution in [1.29, 1.82) is 0 Å². The van der Waals surface area contributed by atoms with Crippen LogP contribution >= 0.6 is 0 Å². The second kappa shape index (κ2) is 8.63. The van der Waals surface area contributed by atoms with Crippen molar-refractivity contribution in [2.45, 2.75) is 19.8 Å². The number of nitrogens with one attached hydrogen (secondary N) is 1. The van der Waals surface area contributed by atoms with Gasteiger partial charge in [-0.1, -0.05) is 19.1 Å². The van der Waals surface area contributed by atoms with E-state index >= 15 is 0 Å². The zero-order valence-electron chi connectivity index (χ0n) is 13.8. The highest BCUT2D eigenvalue weighted by atomic mass is 16.5. The Labute approximate surface area is 145 Å². The molecule has 6 heteroatoms.